The molecule has 0 atom stereocenters. The first-order valence-corrected chi connectivity index (χ1v) is 10.1. The van der Waals surface area contributed by atoms with Gasteiger partial charge in [-0.2, -0.15) is 0 Å². The first-order valence-electron chi connectivity index (χ1n) is 10.1. The zero-order valence-corrected chi connectivity index (χ0v) is 17.0. The van der Waals surface area contributed by atoms with Crippen LogP contribution in [-0.4, -0.2) is 29.1 Å². The summed E-state index contributed by atoms with van der Waals surface area (Å²) in [5.74, 6) is 1.67. The largest absolute Gasteiger partial charge is 0.497 e. The molecule has 1 heterocycles. The second kappa shape index (κ2) is 9.40. The molecule has 0 bridgehead atoms. The van der Waals surface area contributed by atoms with Gasteiger partial charge in [0.2, 0.25) is 0 Å². The topological polar surface area (TPSA) is 56.2 Å². The van der Waals surface area contributed by atoms with Crippen molar-refractivity contribution in [3.63, 3.8) is 0 Å². The minimum absolute atomic E-state index is 0.0333. The number of benzene rings is 2. The summed E-state index contributed by atoms with van der Waals surface area (Å²) in [7, 11) is 1.66. The molecule has 0 fully saturated rings. The number of rotatable bonds is 9. The highest BCUT2D eigenvalue weighted by Gasteiger charge is 2.12. The Labute approximate surface area is 166 Å². The molecule has 0 unspecified atom stereocenters. The van der Waals surface area contributed by atoms with Gasteiger partial charge in [0.05, 0.1) is 18.1 Å². The van der Waals surface area contributed by atoms with Crippen molar-refractivity contribution in [3.05, 3.63) is 53.9 Å². The normalized spacial score (nSPS) is 11.0. The Morgan fingerprint density at radius 1 is 1.07 bits per heavy atom. The van der Waals surface area contributed by atoms with Crippen LogP contribution in [0, 0.1) is 6.92 Å². The predicted octanol–water partition coefficient (Wildman–Crippen LogP) is 5.04. The van der Waals surface area contributed by atoms with Crippen LogP contribution in [-0.2, 0) is 0 Å². The molecule has 0 radical (unpaired) electrons. The Balaban J connectivity index is 1.73. The maximum Gasteiger partial charge on any atom is 0.251 e. The number of carbonyl (C=O) groups is 1. The smallest absolute Gasteiger partial charge is 0.251 e. The number of amides is 1. The second-order valence-electron chi connectivity index (χ2n) is 7.07. The molecule has 0 aliphatic heterocycles. The van der Waals surface area contributed by atoms with Gasteiger partial charge in [-0.15, -0.1) is 0 Å². The Morgan fingerprint density at radius 3 is 2.54 bits per heavy atom. The predicted molar refractivity (Wildman–Crippen MR) is 113 cm³/mol. The zero-order valence-electron chi connectivity index (χ0n) is 17.0. The molecule has 148 valence electrons. The number of nitrogens with one attached hydrogen (secondary N) is 1. The lowest BCUT2D eigenvalue weighted by atomic mass is 10.1. The number of fused-ring (bicyclic) bond motifs is 1. The van der Waals surface area contributed by atoms with Crippen molar-refractivity contribution in [2.75, 3.05) is 13.7 Å². The van der Waals surface area contributed by atoms with E-state index < -0.39 is 0 Å². The minimum Gasteiger partial charge on any atom is -0.497 e. The third-order valence-electron chi connectivity index (χ3n) is 4.98. The van der Waals surface area contributed by atoms with Crippen LogP contribution in [0.25, 0.3) is 16.7 Å². The number of carbonyl (C=O) groups excluding carboxylic acids is 1. The molecule has 3 aromatic rings. The van der Waals surface area contributed by atoms with Gasteiger partial charge in [0.25, 0.3) is 5.91 Å². The van der Waals surface area contributed by atoms with Crippen molar-refractivity contribution in [2.24, 2.45) is 0 Å². The average molecular weight is 380 g/mol. The van der Waals surface area contributed by atoms with E-state index in [1.807, 2.05) is 49.4 Å². The van der Waals surface area contributed by atoms with Gasteiger partial charge >= 0.3 is 0 Å². The quantitative estimate of drug-likeness (QED) is 0.530. The first-order chi connectivity index (χ1) is 13.6. The second-order valence-corrected chi connectivity index (χ2v) is 7.07. The van der Waals surface area contributed by atoms with Crippen molar-refractivity contribution < 1.29 is 9.53 Å². The molecule has 0 saturated carbocycles. The van der Waals surface area contributed by atoms with Crippen LogP contribution in [0.1, 0.15) is 55.2 Å². The van der Waals surface area contributed by atoms with E-state index in [0.29, 0.717) is 5.56 Å². The summed E-state index contributed by atoms with van der Waals surface area (Å²) in [6.45, 7) is 4.90. The number of methoxy groups -OCH3 is 1. The van der Waals surface area contributed by atoms with Gasteiger partial charge in [-0.05, 0) is 55.8 Å². The molecule has 2 aromatic carbocycles. The zero-order chi connectivity index (χ0) is 19.9. The Morgan fingerprint density at radius 2 is 1.82 bits per heavy atom. The number of imidazole rings is 1. The van der Waals surface area contributed by atoms with Crippen LogP contribution in [0.15, 0.2) is 42.5 Å². The van der Waals surface area contributed by atoms with Crippen molar-refractivity contribution >= 4 is 16.9 Å². The number of hydrogen-bond acceptors (Lipinski definition) is 3. The molecule has 5 heteroatoms. The van der Waals surface area contributed by atoms with Gasteiger partial charge < -0.3 is 10.1 Å². The summed E-state index contributed by atoms with van der Waals surface area (Å²) in [5.41, 5.74) is 3.48. The molecule has 1 N–H and O–H groups in total. The van der Waals surface area contributed by atoms with E-state index in [2.05, 4.69) is 21.8 Å². The molecule has 0 spiro atoms. The number of ether oxygens (including phenoxy) is 1. The monoisotopic (exact) mass is 379 g/mol. The van der Waals surface area contributed by atoms with Gasteiger partial charge in [-0.25, -0.2) is 4.98 Å². The third-order valence-corrected chi connectivity index (χ3v) is 4.98. The first kappa shape index (κ1) is 19.9. The van der Waals surface area contributed by atoms with Crippen molar-refractivity contribution in [1.29, 1.82) is 0 Å². The van der Waals surface area contributed by atoms with Crippen LogP contribution in [0.5, 0.6) is 5.75 Å². The van der Waals surface area contributed by atoms with Gasteiger partial charge in [-0.1, -0.05) is 32.6 Å². The summed E-state index contributed by atoms with van der Waals surface area (Å²) in [5, 5.41) is 3.02. The molecule has 1 amide bonds. The summed E-state index contributed by atoms with van der Waals surface area (Å²) in [6, 6.07) is 13.6. The van der Waals surface area contributed by atoms with Gasteiger partial charge in [0, 0.05) is 17.8 Å². The summed E-state index contributed by atoms with van der Waals surface area (Å²) in [6.07, 6.45) is 5.92. The van der Waals surface area contributed by atoms with E-state index in [1.54, 1.807) is 7.11 Å². The molecule has 28 heavy (non-hydrogen) atoms. The summed E-state index contributed by atoms with van der Waals surface area (Å²) in [4.78, 5) is 17.1. The Kier molecular flexibility index (Phi) is 6.69. The van der Waals surface area contributed by atoms with Crippen LogP contribution in [0.4, 0.5) is 0 Å². The fourth-order valence-electron chi connectivity index (χ4n) is 3.43. The maximum atomic E-state index is 12.4. The lowest BCUT2D eigenvalue weighted by Gasteiger charge is -2.09. The summed E-state index contributed by atoms with van der Waals surface area (Å²) < 4.78 is 7.32. The molecule has 1 aromatic heterocycles. The van der Waals surface area contributed by atoms with E-state index in [4.69, 9.17) is 4.74 Å². The standard InChI is InChI=1S/C23H29N3O2/c1-4-5-6-7-8-15-24-23(27)18-9-14-22-21(16-18)25-17(2)26(22)19-10-12-20(28-3)13-11-19/h9-14,16H,4-8,15H2,1-3H3,(H,24,27). The fourth-order valence-corrected chi connectivity index (χ4v) is 3.43. The van der Waals surface area contributed by atoms with Gasteiger partial charge in [-0.3, -0.25) is 9.36 Å². The number of hydrogen-bond donors (Lipinski definition) is 1. The molecule has 0 aliphatic carbocycles. The SMILES string of the molecule is CCCCCCCNC(=O)c1ccc2c(c1)nc(C)n2-c1ccc(OC)cc1. The maximum absolute atomic E-state index is 12.4. The highest BCUT2D eigenvalue weighted by Crippen LogP contribution is 2.24. The number of aryl methyl sites for hydroxylation is 1. The molecule has 3 rings (SSSR count). The van der Waals surface area contributed by atoms with Gasteiger partial charge in [0.1, 0.15) is 11.6 Å². The Hall–Kier alpha value is -2.82. The van der Waals surface area contributed by atoms with E-state index in [0.717, 1.165) is 41.3 Å². The molecular formula is C23H29N3O2. The molecule has 0 aliphatic rings. The van der Waals surface area contributed by atoms with E-state index in [1.165, 1.54) is 25.7 Å². The highest BCUT2D eigenvalue weighted by atomic mass is 16.5. The highest BCUT2D eigenvalue weighted by molar-refractivity contribution is 5.97. The summed E-state index contributed by atoms with van der Waals surface area (Å²) >= 11 is 0. The fraction of sp³-hybridized carbons (Fsp3) is 0.391. The van der Waals surface area contributed by atoms with Crippen molar-refractivity contribution in [2.45, 2.75) is 46.0 Å². The average Bonchev–Trinajstić information content (AvgIpc) is 3.05. The van der Waals surface area contributed by atoms with Gasteiger partial charge in [0.15, 0.2) is 0 Å². The molecular weight excluding hydrogens is 350 g/mol. The number of aromatic nitrogens is 2. The minimum atomic E-state index is -0.0333. The lowest BCUT2D eigenvalue weighted by Crippen LogP contribution is -2.24. The van der Waals surface area contributed by atoms with Crippen LogP contribution in [0.2, 0.25) is 0 Å². The lowest BCUT2D eigenvalue weighted by molar-refractivity contribution is 0.0953. The number of nitrogens with zero attached hydrogens (tertiary/aromatic N) is 2. The van der Waals surface area contributed by atoms with Crippen LogP contribution in [0.3, 0.4) is 0 Å². The number of unbranched alkanes of at least 4 members (excludes halogenated alkanes) is 4. The molecule has 0 saturated heterocycles. The van der Waals surface area contributed by atoms with Crippen LogP contribution < -0.4 is 10.1 Å². The Bertz CT molecular complexity index is 929. The van der Waals surface area contributed by atoms with E-state index in [9.17, 15) is 4.79 Å². The third kappa shape index (κ3) is 4.53. The van der Waals surface area contributed by atoms with Crippen molar-refractivity contribution in [3.8, 4) is 11.4 Å². The molecule has 5 nitrogen and oxygen atoms in total. The van der Waals surface area contributed by atoms with Crippen molar-refractivity contribution in [1.82, 2.24) is 14.9 Å². The van der Waals surface area contributed by atoms with E-state index in [-0.39, 0.29) is 5.91 Å². The van der Waals surface area contributed by atoms with Crippen LogP contribution >= 0.6 is 0 Å². The van der Waals surface area contributed by atoms with E-state index >= 15 is 0 Å².